The predicted octanol–water partition coefficient (Wildman–Crippen LogP) is 2.44. The molecule has 2 aliphatic rings. The van der Waals surface area contributed by atoms with Crippen molar-refractivity contribution in [2.24, 2.45) is 5.92 Å². The van der Waals surface area contributed by atoms with Gasteiger partial charge in [-0.15, -0.1) is 11.3 Å². The first kappa shape index (κ1) is 15.9. The van der Waals surface area contributed by atoms with E-state index in [1.54, 1.807) is 23.6 Å². The van der Waals surface area contributed by atoms with E-state index in [0.717, 1.165) is 12.8 Å². The normalized spacial score (nSPS) is 15.5. The average molecular weight is 359 g/mol. The lowest BCUT2D eigenvalue weighted by atomic mass is 10.2. The lowest BCUT2D eigenvalue weighted by molar-refractivity contribution is -0.117. The van der Waals surface area contributed by atoms with Crippen LogP contribution >= 0.6 is 11.3 Å². The number of aromatic nitrogens is 1. The van der Waals surface area contributed by atoms with Crippen molar-refractivity contribution in [2.45, 2.75) is 19.3 Å². The Morgan fingerprint density at radius 3 is 2.76 bits per heavy atom. The number of benzene rings is 1. The van der Waals surface area contributed by atoms with Gasteiger partial charge in [-0.3, -0.25) is 9.59 Å². The van der Waals surface area contributed by atoms with E-state index in [2.05, 4.69) is 15.6 Å². The third-order valence-electron chi connectivity index (χ3n) is 3.90. The molecule has 0 atom stereocenters. The number of anilines is 2. The van der Waals surface area contributed by atoms with Crippen LogP contribution in [0.4, 0.5) is 10.8 Å². The number of fused-ring (bicyclic) bond motifs is 1. The Kier molecular flexibility index (Phi) is 4.27. The zero-order valence-electron chi connectivity index (χ0n) is 13.4. The number of carbonyl (C=O) groups is 2. The number of amides is 2. The van der Waals surface area contributed by atoms with Crippen molar-refractivity contribution in [3.8, 4) is 11.5 Å². The molecular weight excluding hydrogens is 342 g/mol. The first-order chi connectivity index (χ1) is 12.2. The number of carbonyl (C=O) groups excluding carboxylic acids is 2. The molecule has 2 heterocycles. The number of hydrogen-bond acceptors (Lipinski definition) is 6. The summed E-state index contributed by atoms with van der Waals surface area (Å²) in [5, 5.41) is 7.93. The van der Waals surface area contributed by atoms with Crippen LogP contribution in [0.25, 0.3) is 0 Å². The van der Waals surface area contributed by atoms with Crippen LogP contribution < -0.4 is 20.1 Å². The maximum atomic E-state index is 12.2. The van der Waals surface area contributed by atoms with Crippen LogP contribution in [0, 0.1) is 5.92 Å². The van der Waals surface area contributed by atoms with Gasteiger partial charge >= 0.3 is 0 Å². The molecule has 0 saturated heterocycles. The minimum absolute atomic E-state index is 0.0154. The Labute approximate surface area is 148 Å². The minimum atomic E-state index is -0.179. The van der Waals surface area contributed by atoms with Crippen LogP contribution in [0.5, 0.6) is 11.5 Å². The summed E-state index contributed by atoms with van der Waals surface area (Å²) in [6.45, 7) is 1.03. The van der Waals surface area contributed by atoms with E-state index in [9.17, 15) is 9.59 Å². The molecule has 4 rings (SSSR count). The monoisotopic (exact) mass is 359 g/mol. The van der Waals surface area contributed by atoms with E-state index < -0.39 is 0 Å². The van der Waals surface area contributed by atoms with Crippen molar-refractivity contribution >= 4 is 34.0 Å². The van der Waals surface area contributed by atoms with Gasteiger partial charge in [0, 0.05) is 23.1 Å². The highest BCUT2D eigenvalue weighted by Crippen LogP contribution is 2.33. The predicted molar refractivity (Wildman–Crippen MR) is 93.2 cm³/mol. The summed E-state index contributed by atoms with van der Waals surface area (Å²) >= 11 is 1.33. The molecule has 0 unspecified atom stereocenters. The fourth-order valence-corrected chi connectivity index (χ4v) is 3.20. The van der Waals surface area contributed by atoms with Gasteiger partial charge in [-0.25, -0.2) is 4.98 Å². The molecule has 7 nitrogen and oxygen atoms in total. The zero-order chi connectivity index (χ0) is 17.2. The number of nitrogens with zero attached hydrogens (tertiary/aromatic N) is 1. The largest absolute Gasteiger partial charge is 0.486 e. The van der Waals surface area contributed by atoms with Gasteiger partial charge in [-0.1, -0.05) is 0 Å². The average Bonchev–Trinajstić information content (AvgIpc) is 3.37. The fraction of sp³-hybridized carbons (Fsp3) is 0.353. The van der Waals surface area contributed by atoms with E-state index in [-0.39, 0.29) is 24.2 Å². The fourth-order valence-electron chi connectivity index (χ4n) is 2.49. The molecule has 1 aromatic carbocycles. The van der Waals surface area contributed by atoms with Crippen molar-refractivity contribution < 1.29 is 19.1 Å². The molecule has 1 fully saturated rings. The summed E-state index contributed by atoms with van der Waals surface area (Å²) in [6, 6.07) is 5.29. The highest BCUT2D eigenvalue weighted by Gasteiger charge is 2.30. The maximum Gasteiger partial charge on any atom is 0.230 e. The van der Waals surface area contributed by atoms with Crippen molar-refractivity contribution in [3.05, 3.63) is 29.3 Å². The van der Waals surface area contributed by atoms with Crippen LogP contribution in [-0.4, -0.2) is 30.0 Å². The standard InChI is InChI=1S/C17H17N3O4S/c21-15(18-11-3-4-13-14(7-11)24-6-5-23-13)8-12-9-25-17(19-12)20-16(22)10-1-2-10/h3-4,7,9-10H,1-2,5-6,8H2,(H,18,21)(H,19,20,22). The Balaban J connectivity index is 1.34. The number of hydrogen-bond donors (Lipinski definition) is 2. The Hall–Kier alpha value is -2.61. The second-order valence-electron chi connectivity index (χ2n) is 5.99. The van der Waals surface area contributed by atoms with Crippen LogP contribution in [0.3, 0.4) is 0 Å². The molecule has 1 aliphatic heterocycles. The van der Waals surface area contributed by atoms with Crippen molar-refractivity contribution in [2.75, 3.05) is 23.8 Å². The van der Waals surface area contributed by atoms with Gasteiger partial charge in [0.2, 0.25) is 11.8 Å². The van der Waals surface area contributed by atoms with Gasteiger partial charge in [0.15, 0.2) is 16.6 Å². The van der Waals surface area contributed by atoms with E-state index in [1.165, 1.54) is 11.3 Å². The van der Waals surface area contributed by atoms with Gasteiger partial charge in [0.05, 0.1) is 12.1 Å². The molecule has 0 bridgehead atoms. The number of thiazole rings is 1. The lowest BCUT2D eigenvalue weighted by Gasteiger charge is -2.18. The molecular formula is C17H17N3O4S. The molecule has 0 spiro atoms. The van der Waals surface area contributed by atoms with E-state index in [1.807, 2.05) is 0 Å². The molecule has 25 heavy (non-hydrogen) atoms. The topological polar surface area (TPSA) is 89.6 Å². The Morgan fingerprint density at radius 1 is 1.16 bits per heavy atom. The van der Waals surface area contributed by atoms with Crippen LogP contribution in [0.15, 0.2) is 23.6 Å². The summed E-state index contributed by atoms with van der Waals surface area (Å²) in [5.74, 6) is 1.28. The van der Waals surface area contributed by atoms with Gasteiger partial charge in [0.25, 0.3) is 0 Å². The van der Waals surface area contributed by atoms with Crippen molar-refractivity contribution in [1.29, 1.82) is 0 Å². The molecule has 0 radical (unpaired) electrons. The second kappa shape index (κ2) is 6.72. The quantitative estimate of drug-likeness (QED) is 0.856. The molecule has 130 valence electrons. The molecule has 1 saturated carbocycles. The first-order valence-electron chi connectivity index (χ1n) is 8.12. The van der Waals surface area contributed by atoms with Gasteiger partial charge < -0.3 is 20.1 Å². The summed E-state index contributed by atoms with van der Waals surface area (Å²) in [6.07, 6.45) is 2.04. The number of ether oxygens (including phenoxy) is 2. The first-order valence-corrected chi connectivity index (χ1v) is 9.00. The van der Waals surface area contributed by atoms with Crippen LogP contribution in [-0.2, 0) is 16.0 Å². The smallest absolute Gasteiger partial charge is 0.230 e. The number of nitrogens with one attached hydrogen (secondary N) is 2. The summed E-state index contributed by atoms with van der Waals surface area (Å²) < 4.78 is 11.0. The highest BCUT2D eigenvalue weighted by atomic mass is 32.1. The number of rotatable bonds is 5. The molecule has 1 aliphatic carbocycles. The van der Waals surface area contributed by atoms with Gasteiger partial charge in [-0.05, 0) is 25.0 Å². The maximum absolute atomic E-state index is 12.2. The summed E-state index contributed by atoms with van der Waals surface area (Å²) in [5.41, 5.74) is 1.28. The van der Waals surface area contributed by atoms with Gasteiger partial charge in [0.1, 0.15) is 13.2 Å². The summed E-state index contributed by atoms with van der Waals surface area (Å²) in [4.78, 5) is 28.2. The van der Waals surface area contributed by atoms with Gasteiger partial charge in [-0.2, -0.15) is 0 Å². The lowest BCUT2D eigenvalue weighted by Crippen LogP contribution is -2.17. The van der Waals surface area contributed by atoms with E-state index in [0.29, 0.717) is 41.2 Å². The Morgan fingerprint density at radius 2 is 1.96 bits per heavy atom. The highest BCUT2D eigenvalue weighted by molar-refractivity contribution is 7.13. The molecule has 2 amide bonds. The SMILES string of the molecule is O=C(Cc1csc(NC(=O)C2CC2)n1)Nc1ccc2c(c1)OCCO2. The van der Waals surface area contributed by atoms with E-state index >= 15 is 0 Å². The summed E-state index contributed by atoms with van der Waals surface area (Å²) in [7, 11) is 0. The second-order valence-corrected chi connectivity index (χ2v) is 6.85. The molecule has 2 aromatic rings. The van der Waals surface area contributed by atoms with E-state index in [4.69, 9.17) is 9.47 Å². The Bertz CT molecular complexity index is 816. The van der Waals surface area contributed by atoms with Crippen molar-refractivity contribution in [3.63, 3.8) is 0 Å². The molecule has 8 heteroatoms. The van der Waals surface area contributed by atoms with Crippen LogP contribution in [0.2, 0.25) is 0 Å². The molecule has 2 N–H and O–H groups in total. The zero-order valence-corrected chi connectivity index (χ0v) is 14.2. The van der Waals surface area contributed by atoms with Crippen molar-refractivity contribution in [1.82, 2.24) is 4.98 Å². The third-order valence-corrected chi connectivity index (χ3v) is 4.70. The third kappa shape index (κ3) is 3.90. The van der Waals surface area contributed by atoms with Crippen LogP contribution in [0.1, 0.15) is 18.5 Å². The minimum Gasteiger partial charge on any atom is -0.486 e. The molecule has 1 aromatic heterocycles.